The van der Waals surface area contributed by atoms with Gasteiger partial charge in [0.25, 0.3) is 5.91 Å². The Morgan fingerprint density at radius 2 is 1.89 bits per heavy atom. The molecule has 5 aliphatic carbocycles. The molecule has 1 aromatic carbocycles. The minimum absolute atomic E-state index is 0.0292. The molecule has 0 aromatic heterocycles. The highest BCUT2D eigenvalue weighted by molar-refractivity contribution is 9.10. The lowest BCUT2D eigenvalue weighted by atomic mass is 9.49. The number of nitrogens with one attached hydrogen (secondary N) is 1. The van der Waals surface area contributed by atoms with Gasteiger partial charge in [0, 0.05) is 4.32 Å². The minimum atomic E-state index is -0.370. The van der Waals surface area contributed by atoms with Crippen LogP contribution >= 0.6 is 15.9 Å². The molecule has 0 spiro atoms. The molecular formula is C23H28BrNO3. The van der Waals surface area contributed by atoms with E-state index in [2.05, 4.69) is 33.4 Å². The zero-order valence-electron chi connectivity index (χ0n) is 16.2. The van der Waals surface area contributed by atoms with E-state index in [9.17, 15) is 9.59 Å². The second-order valence-electron chi connectivity index (χ2n) is 9.68. The van der Waals surface area contributed by atoms with E-state index in [0.29, 0.717) is 11.8 Å². The van der Waals surface area contributed by atoms with Crippen molar-refractivity contribution in [1.82, 2.24) is 5.32 Å². The summed E-state index contributed by atoms with van der Waals surface area (Å²) >= 11 is 3.93. The average molecular weight is 446 g/mol. The van der Waals surface area contributed by atoms with Crippen molar-refractivity contribution < 1.29 is 14.3 Å². The molecule has 0 saturated heterocycles. The zero-order valence-corrected chi connectivity index (χ0v) is 17.8. The third-order valence-electron chi connectivity index (χ3n) is 7.46. The summed E-state index contributed by atoms with van der Waals surface area (Å²) < 4.78 is 5.71. The van der Waals surface area contributed by atoms with Crippen LogP contribution < -0.4 is 5.32 Å². The topological polar surface area (TPSA) is 55.4 Å². The molecule has 5 aliphatic rings. The number of ether oxygens (including phenoxy) is 1. The minimum Gasteiger partial charge on any atom is -0.455 e. The van der Waals surface area contributed by atoms with Gasteiger partial charge < -0.3 is 10.1 Å². The number of hydrogen-bond donors (Lipinski definition) is 1. The normalized spacial score (nSPS) is 38.0. The Hall–Kier alpha value is -1.36. The molecule has 6 rings (SSSR count). The molecule has 3 unspecified atom stereocenters. The number of alkyl halides is 1. The molecule has 0 heterocycles. The number of carbonyl (C=O) groups excluding carboxylic acids is 2. The quantitative estimate of drug-likeness (QED) is 0.549. The van der Waals surface area contributed by atoms with Gasteiger partial charge in [-0.2, -0.15) is 0 Å². The summed E-state index contributed by atoms with van der Waals surface area (Å²) in [5, 5.41) is 3.09. The van der Waals surface area contributed by atoms with Gasteiger partial charge in [0.1, 0.15) is 0 Å². The summed E-state index contributed by atoms with van der Waals surface area (Å²) in [6.45, 7) is -0.163. The van der Waals surface area contributed by atoms with Gasteiger partial charge in [-0.3, -0.25) is 9.59 Å². The molecule has 0 radical (unpaired) electrons. The van der Waals surface area contributed by atoms with E-state index in [1.807, 2.05) is 12.1 Å². The van der Waals surface area contributed by atoms with Crippen molar-refractivity contribution in [2.45, 2.75) is 68.2 Å². The first kappa shape index (κ1) is 18.7. The number of hydrogen-bond acceptors (Lipinski definition) is 3. The van der Waals surface area contributed by atoms with E-state index in [1.165, 1.54) is 30.4 Å². The molecular weight excluding hydrogens is 418 g/mol. The van der Waals surface area contributed by atoms with Crippen LogP contribution in [0.15, 0.2) is 24.3 Å². The van der Waals surface area contributed by atoms with Gasteiger partial charge in [0.05, 0.1) is 11.5 Å². The molecule has 4 nitrogen and oxygen atoms in total. The third-order valence-corrected chi connectivity index (χ3v) is 8.39. The van der Waals surface area contributed by atoms with E-state index in [4.69, 9.17) is 4.74 Å². The Balaban J connectivity index is 1.20. The van der Waals surface area contributed by atoms with Gasteiger partial charge in [-0.25, -0.2) is 0 Å². The van der Waals surface area contributed by atoms with Crippen molar-refractivity contribution >= 4 is 27.8 Å². The first-order chi connectivity index (χ1) is 13.4. The summed E-state index contributed by atoms with van der Waals surface area (Å²) in [6.07, 6.45) is 9.43. The fourth-order valence-electron chi connectivity index (χ4n) is 6.81. The predicted molar refractivity (Wildman–Crippen MR) is 110 cm³/mol. The molecule has 1 amide bonds. The third kappa shape index (κ3) is 3.30. The summed E-state index contributed by atoms with van der Waals surface area (Å²) in [5.41, 5.74) is 2.15. The van der Waals surface area contributed by atoms with Gasteiger partial charge in [-0.1, -0.05) is 40.2 Å². The van der Waals surface area contributed by atoms with Crippen LogP contribution in [0.5, 0.6) is 0 Å². The number of rotatable bonds is 4. The van der Waals surface area contributed by atoms with Crippen molar-refractivity contribution in [3.05, 3.63) is 35.4 Å². The Morgan fingerprint density at radius 3 is 2.64 bits per heavy atom. The highest BCUT2D eigenvalue weighted by Gasteiger charge is 2.60. The Kier molecular flexibility index (Phi) is 4.57. The van der Waals surface area contributed by atoms with Crippen LogP contribution in [0.25, 0.3) is 0 Å². The average Bonchev–Trinajstić information content (AvgIpc) is 2.64. The van der Waals surface area contributed by atoms with Crippen LogP contribution in [-0.2, 0) is 20.7 Å². The first-order valence-corrected chi connectivity index (χ1v) is 11.5. The molecule has 3 atom stereocenters. The van der Waals surface area contributed by atoms with E-state index in [1.54, 1.807) is 0 Å². The SMILES string of the molecule is O=C(COC(=O)C12CC3CC(CC(Br)(C3)C1)C2)NC1CCCc2ccccc21. The Bertz CT molecular complexity index is 793. The van der Waals surface area contributed by atoms with Crippen molar-refractivity contribution in [3.8, 4) is 0 Å². The second-order valence-corrected chi connectivity index (χ2v) is 11.4. The van der Waals surface area contributed by atoms with Gasteiger partial charge in [-0.15, -0.1) is 0 Å². The van der Waals surface area contributed by atoms with Crippen molar-refractivity contribution in [3.63, 3.8) is 0 Å². The van der Waals surface area contributed by atoms with Crippen LogP contribution in [0.3, 0.4) is 0 Å². The highest BCUT2D eigenvalue weighted by Crippen LogP contribution is 2.64. The fourth-order valence-corrected chi connectivity index (χ4v) is 8.27. The van der Waals surface area contributed by atoms with Gasteiger partial charge in [-0.05, 0) is 80.8 Å². The Morgan fingerprint density at radius 1 is 1.14 bits per heavy atom. The maximum Gasteiger partial charge on any atom is 0.312 e. The highest BCUT2D eigenvalue weighted by atomic mass is 79.9. The van der Waals surface area contributed by atoms with Crippen LogP contribution in [0.2, 0.25) is 0 Å². The second kappa shape index (κ2) is 6.86. The summed E-state index contributed by atoms with van der Waals surface area (Å²) in [5.74, 6) is 0.916. The number of amides is 1. The standard InChI is InChI=1S/C23H28BrNO3/c24-23-11-15-8-16(12-23)10-22(9-15,14-23)21(27)28-13-20(26)25-19-7-3-5-17-4-1-2-6-18(17)19/h1-2,4,6,15-16,19H,3,5,7-14H2,(H,25,26). The molecule has 28 heavy (non-hydrogen) atoms. The van der Waals surface area contributed by atoms with Crippen LogP contribution in [0, 0.1) is 17.3 Å². The largest absolute Gasteiger partial charge is 0.455 e. The lowest BCUT2D eigenvalue weighted by molar-refractivity contribution is -0.171. The zero-order chi connectivity index (χ0) is 19.4. The van der Waals surface area contributed by atoms with Gasteiger partial charge in [0.15, 0.2) is 6.61 Å². The number of carbonyl (C=O) groups is 2. The van der Waals surface area contributed by atoms with E-state index >= 15 is 0 Å². The monoisotopic (exact) mass is 445 g/mol. The summed E-state index contributed by atoms with van der Waals surface area (Å²) in [6, 6.07) is 8.33. The van der Waals surface area contributed by atoms with E-state index < -0.39 is 0 Å². The van der Waals surface area contributed by atoms with E-state index in [0.717, 1.165) is 38.5 Å². The number of aryl methyl sites for hydroxylation is 1. The molecule has 150 valence electrons. The maximum absolute atomic E-state index is 13.0. The molecule has 4 bridgehead atoms. The van der Waals surface area contributed by atoms with Crippen molar-refractivity contribution in [1.29, 1.82) is 0 Å². The molecule has 5 heteroatoms. The lowest BCUT2D eigenvalue weighted by Gasteiger charge is -2.58. The molecule has 0 aliphatic heterocycles. The number of halogens is 1. The number of esters is 1. The first-order valence-electron chi connectivity index (χ1n) is 10.7. The molecule has 4 saturated carbocycles. The number of fused-ring (bicyclic) bond motifs is 1. The number of benzene rings is 1. The lowest BCUT2D eigenvalue weighted by Crippen LogP contribution is -2.56. The van der Waals surface area contributed by atoms with Crippen LogP contribution in [0.1, 0.15) is 68.5 Å². The van der Waals surface area contributed by atoms with Crippen LogP contribution in [0.4, 0.5) is 0 Å². The summed E-state index contributed by atoms with van der Waals surface area (Å²) in [7, 11) is 0. The summed E-state index contributed by atoms with van der Waals surface area (Å²) in [4.78, 5) is 25.5. The fraction of sp³-hybridized carbons (Fsp3) is 0.652. The smallest absolute Gasteiger partial charge is 0.312 e. The molecule has 1 N–H and O–H groups in total. The van der Waals surface area contributed by atoms with Crippen molar-refractivity contribution in [2.24, 2.45) is 17.3 Å². The van der Waals surface area contributed by atoms with Gasteiger partial charge >= 0.3 is 5.97 Å². The maximum atomic E-state index is 13.0. The van der Waals surface area contributed by atoms with E-state index in [-0.39, 0.29) is 34.3 Å². The van der Waals surface area contributed by atoms with Crippen molar-refractivity contribution in [2.75, 3.05) is 6.61 Å². The van der Waals surface area contributed by atoms with Crippen LogP contribution in [-0.4, -0.2) is 22.8 Å². The molecule has 4 fully saturated rings. The predicted octanol–water partition coefficient (Wildman–Crippen LogP) is 4.46. The van der Waals surface area contributed by atoms with Gasteiger partial charge in [0.2, 0.25) is 0 Å². The molecule has 1 aromatic rings. The Labute approximate surface area is 174 Å².